The molecular formula is C16H23N3O2S. The highest BCUT2D eigenvalue weighted by molar-refractivity contribution is 7.08. The van der Waals surface area contributed by atoms with Crippen molar-refractivity contribution in [2.24, 2.45) is 5.92 Å². The molecule has 2 aliphatic rings. The standard InChI is InChI=1S/C16H23N3O2S/c1-10(2)19-13(15(20)17-3)6-12-7-18(8-14(12)19)16(21)11-4-5-22-9-11/h4-5,9-10,12-14H,6-8H2,1-3H3,(H,17,20)/t12-,13-,14+/m0/s1. The molecule has 120 valence electrons. The zero-order valence-electron chi connectivity index (χ0n) is 13.3. The molecule has 0 aliphatic carbocycles. The van der Waals surface area contributed by atoms with E-state index in [1.165, 1.54) is 0 Å². The molecule has 3 rings (SSSR count). The summed E-state index contributed by atoms with van der Waals surface area (Å²) in [6, 6.07) is 2.42. The van der Waals surface area contributed by atoms with Crippen molar-refractivity contribution in [2.45, 2.75) is 38.4 Å². The summed E-state index contributed by atoms with van der Waals surface area (Å²) < 4.78 is 0. The first-order valence-electron chi connectivity index (χ1n) is 7.83. The summed E-state index contributed by atoms with van der Waals surface area (Å²) in [5.74, 6) is 0.613. The Morgan fingerprint density at radius 2 is 2.14 bits per heavy atom. The van der Waals surface area contributed by atoms with Crippen LogP contribution in [-0.4, -0.2) is 59.9 Å². The summed E-state index contributed by atoms with van der Waals surface area (Å²) in [6.07, 6.45) is 0.843. The highest BCUT2D eigenvalue weighted by Gasteiger charge is 2.50. The maximum absolute atomic E-state index is 12.5. The van der Waals surface area contributed by atoms with Crippen molar-refractivity contribution in [1.29, 1.82) is 0 Å². The van der Waals surface area contributed by atoms with Crippen molar-refractivity contribution in [3.05, 3.63) is 22.4 Å². The first-order chi connectivity index (χ1) is 10.5. The number of carbonyl (C=O) groups excluding carboxylic acids is 2. The SMILES string of the molecule is CNC(=O)[C@@H]1C[C@H]2CN(C(=O)c3ccsc3)C[C@H]2N1C(C)C. The lowest BCUT2D eigenvalue weighted by atomic mass is 10.0. The lowest BCUT2D eigenvalue weighted by Crippen LogP contribution is -2.50. The van der Waals surface area contributed by atoms with Crippen molar-refractivity contribution < 1.29 is 9.59 Å². The zero-order valence-corrected chi connectivity index (χ0v) is 14.1. The van der Waals surface area contributed by atoms with Crippen LogP contribution in [0.1, 0.15) is 30.6 Å². The molecular weight excluding hydrogens is 298 g/mol. The Morgan fingerprint density at radius 1 is 1.36 bits per heavy atom. The van der Waals surface area contributed by atoms with Crippen LogP contribution in [0, 0.1) is 5.92 Å². The second-order valence-electron chi connectivity index (χ2n) is 6.46. The lowest BCUT2D eigenvalue weighted by molar-refractivity contribution is -0.126. The normalized spacial score (nSPS) is 28.2. The molecule has 3 heterocycles. The van der Waals surface area contributed by atoms with Crippen LogP contribution in [0.4, 0.5) is 0 Å². The molecule has 2 saturated heterocycles. The third kappa shape index (κ3) is 2.54. The smallest absolute Gasteiger partial charge is 0.254 e. The minimum atomic E-state index is -0.0570. The third-order valence-electron chi connectivity index (χ3n) is 4.88. The predicted octanol–water partition coefficient (Wildman–Crippen LogP) is 1.42. The van der Waals surface area contributed by atoms with E-state index in [0.717, 1.165) is 25.1 Å². The number of nitrogens with one attached hydrogen (secondary N) is 1. The number of hydrogen-bond acceptors (Lipinski definition) is 4. The Morgan fingerprint density at radius 3 is 2.73 bits per heavy atom. The Bertz CT molecular complexity index is 558. The monoisotopic (exact) mass is 321 g/mol. The number of amides is 2. The van der Waals surface area contributed by atoms with Crippen LogP contribution in [0.3, 0.4) is 0 Å². The van der Waals surface area contributed by atoms with Gasteiger partial charge < -0.3 is 10.2 Å². The number of thiophene rings is 1. The second-order valence-corrected chi connectivity index (χ2v) is 7.24. The van der Waals surface area contributed by atoms with E-state index in [1.54, 1.807) is 18.4 Å². The maximum atomic E-state index is 12.5. The minimum Gasteiger partial charge on any atom is -0.358 e. The average molecular weight is 321 g/mol. The molecule has 6 heteroatoms. The van der Waals surface area contributed by atoms with E-state index in [9.17, 15) is 9.59 Å². The average Bonchev–Trinajstić information content (AvgIpc) is 3.19. The van der Waals surface area contributed by atoms with Gasteiger partial charge in [-0.2, -0.15) is 11.3 Å². The summed E-state index contributed by atoms with van der Waals surface area (Å²) >= 11 is 1.55. The van der Waals surface area contributed by atoms with Crippen molar-refractivity contribution in [3.8, 4) is 0 Å². The number of carbonyl (C=O) groups is 2. The number of fused-ring (bicyclic) bond motifs is 1. The van der Waals surface area contributed by atoms with Crippen LogP contribution in [-0.2, 0) is 4.79 Å². The van der Waals surface area contributed by atoms with Crippen molar-refractivity contribution >= 4 is 23.2 Å². The summed E-state index contributed by atoms with van der Waals surface area (Å²) in [5, 5.41) is 6.62. The highest BCUT2D eigenvalue weighted by Crippen LogP contribution is 2.37. The van der Waals surface area contributed by atoms with Crippen LogP contribution < -0.4 is 5.32 Å². The summed E-state index contributed by atoms with van der Waals surface area (Å²) in [6.45, 7) is 5.74. The Kier molecular flexibility index (Phi) is 4.23. The van der Waals surface area contributed by atoms with Crippen LogP contribution in [0.5, 0.6) is 0 Å². The molecule has 0 radical (unpaired) electrons. The molecule has 3 atom stereocenters. The molecule has 5 nitrogen and oxygen atoms in total. The zero-order chi connectivity index (χ0) is 15.9. The van der Waals surface area contributed by atoms with Crippen molar-refractivity contribution in [1.82, 2.24) is 15.1 Å². The van der Waals surface area contributed by atoms with Gasteiger partial charge in [-0.05, 0) is 37.6 Å². The first kappa shape index (κ1) is 15.5. The minimum absolute atomic E-state index is 0.0570. The van der Waals surface area contributed by atoms with E-state index in [0.29, 0.717) is 18.0 Å². The van der Waals surface area contributed by atoms with Crippen LogP contribution in [0.15, 0.2) is 16.8 Å². The molecule has 2 amide bonds. The number of rotatable bonds is 3. The molecule has 22 heavy (non-hydrogen) atoms. The number of likely N-dealkylation sites (N-methyl/N-ethyl adjacent to an activating group) is 1. The molecule has 1 N–H and O–H groups in total. The largest absolute Gasteiger partial charge is 0.358 e. The Hall–Kier alpha value is -1.40. The van der Waals surface area contributed by atoms with Gasteiger partial charge in [0.15, 0.2) is 0 Å². The molecule has 2 aliphatic heterocycles. The van der Waals surface area contributed by atoms with E-state index in [4.69, 9.17) is 0 Å². The topological polar surface area (TPSA) is 52.7 Å². The van der Waals surface area contributed by atoms with E-state index < -0.39 is 0 Å². The van der Waals surface area contributed by atoms with Gasteiger partial charge in [0.2, 0.25) is 5.91 Å². The summed E-state index contributed by atoms with van der Waals surface area (Å²) in [7, 11) is 1.70. The fraction of sp³-hybridized carbons (Fsp3) is 0.625. The number of likely N-dealkylation sites (tertiary alicyclic amines) is 2. The Balaban J connectivity index is 1.75. The molecule has 1 aromatic rings. The van der Waals surface area contributed by atoms with Crippen LogP contribution in [0.25, 0.3) is 0 Å². The van der Waals surface area contributed by atoms with E-state index in [2.05, 4.69) is 24.1 Å². The first-order valence-corrected chi connectivity index (χ1v) is 8.77. The quantitative estimate of drug-likeness (QED) is 0.916. The number of nitrogens with zero attached hydrogens (tertiary/aromatic N) is 2. The molecule has 0 unspecified atom stereocenters. The van der Waals surface area contributed by atoms with Crippen LogP contribution in [0.2, 0.25) is 0 Å². The lowest BCUT2D eigenvalue weighted by Gasteiger charge is -2.33. The fourth-order valence-electron chi connectivity index (χ4n) is 3.95. The highest BCUT2D eigenvalue weighted by atomic mass is 32.1. The fourth-order valence-corrected chi connectivity index (χ4v) is 4.58. The summed E-state index contributed by atoms with van der Waals surface area (Å²) in [4.78, 5) is 28.9. The van der Waals surface area contributed by atoms with Gasteiger partial charge in [0, 0.05) is 37.6 Å². The maximum Gasteiger partial charge on any atom is 0.254 e. The molecule has 1 aromatic heterocycles. The van der Waals surface area contributed by atoms with Gasteiger partial charge in [0.25, 0.3) is 5.91 Å². The summed E-state index contributed by atoms with van der Waals surface area (Å²) in [5.41, 5.74) is 0.781. The second kappa shape index (κ2) is 6.01. The van der Waals surface area contributed by atoms with Gasteiger partial charge in [0.1, 0.15) is 0 Å². The molecule has 0 saturated carbocycles. The van der Waals surface area contributed by atoms with Gasteiger partial charge in [0.05, 0.1) is 11.6 Å². The number of hydrogen-bond donors (Lipinski definition) is 1. The molecule has 0 spiro atoms. The van der Waals surface area contributed by atoms with Gasteiger partial charge >= 0.3 is 0 Å². The van der Waals surface area contributed by atoms with Gasteiger partial charge in [-0.3, -0.25) is 14.5 Å². The van der Waals surface area contributed by atoms with E-state index in [-0.39, 0.29) is 17.9 Å². The predicted molar refractivity (Wildman–Crippen MR) is 86.9 cm³/mol. The van der Waals surface area contributed by atoms with Gasteiger partial charge in [-0.15, -0.1) is 0 Å². The van der Waals surface area contributed by atoms with Crippen molar-refractivity contribution in [2.75, 3.05) is 20.1 Å². The van der Waals surface area contributed by atoms with E-state index in [1.807, 2.05) is 21.7 Å². The van der Waals surface area contributed by atoms with E-state index >= 15 is 0 Å². The van der Waals surface area contributed by atoms with Crippen molar-refractivity contribution in [3.63, 3.8) is 0 Å². The molecule has 0 aromatic carbocycles. The third-order valence-corrected chi connectivity index (χ3v) is 5.56. The molecule has 0 bridgehead atoms. The van der Waals surface area contributed by atoms with Crippen LogP contribution >= 0.6 is 11.3 Å². The van der Waals surface area contributed by atoms with Gasteiger partial charge in [-0.1, -0.05) is 0 Å². The van der Waals surface area contributed by atoms with Gasteiger partial charge in [-0.25, -0.2) is 0 Å². The Labute approximate surface area is 135 Å². The molecule has 2 fully saturated rings.